The smallest absolute Gasteiger partial charge is 0.214 e. The predicted octanol–water partition coefficient (Wildman–Crippen LogP) is 0.773. The lowest BCUT2D eigenvalue weighted by molar-refractivity contribution is 0.0195. The Morgan fingerprint density at radius 3 is 2.74 bits per heavy atom. The van der Waals surface area contributed by atoms with Crippen molar-refractivity contribution in [3.8, 4) is 0 Å². The van der Waals surface area contributed by atoms with E-state index in [-0.39, 0.29) is 0 Å². The Bertz CT molecular complexity index is 531. The summed E-state index contributed by atoms with van der Waals surface area (Å²) in [5.74, 6) is 2.52. The van der Waals surface area contributed by atoms with Crippen molar-refractivity contribution >= 4 is 5.96 Å². The van der Waals surface area contributed by atoms with Crippen LogP contribution in [0.4, 0.5) is 0 Å². The average Bonchev–Trinajstić information content (AvgIpc) is 3.17. The zero-order valence-electron chi connectivity index (χ0n) is 14.3. The summed E-state index contributed by atoms with van der Waals surface area (Å²) in [7, 11) is 1.83. The second-order valence-electron chi connectivity index (χ2n) is 6.19. The van der Waals surface area contributed by atoms with Gasteiger partial charge in [-0.1, -0.05) is 0 Å². The molecule has 0 aromatic carbocycles. The summed E-state index contributed by atoms with van der Waals surface area (Å²) in [4.78, 5) is 13.7. The second kappa shape index (κ2) is 7.31. The summed E-state index contributed by atoms with van der Waals surface area (Å²) in [5.41, 5.74) is 0.949. The standard InChI is InChI=1S/C16H27N5O2/c1-12-13(2)23-15(19-12)10-18-16(17-3)21-5-4-14(11-21)20-6-8-22-9-7-20/h14H,4-11H2,1-3H3,(H,17,18). The predicted molar refractivity (Wildman–Crippen MR) is 88.5 cm³/mol. The van der Waals surface area contributed by atoms with Gasteiger partial charge >= 0.3 is 0 Å². The number of aliphatic imine (C=N–C) groups is 1. The van der Waals surface area contributed by atoms with Crippen LogP contribution in [0.25, 0.3) is 0 Å². The first-order valence-electron chi connectivity index (χ1n) is 8.37. The number of nitrogens with one attached hydrogen (secondary N) is 1. The summed E-state index contributed by atoms with van der Waals surface area (Å²) in [6, 6.07) is 0.601. The number of morpholine rings is 1. The number of hydrogen-bond acceptors (Lipinski definition) is 5. The van der Waals surface area contributed by atoms with Gasteiger partial charge in [-0.05, 0) is 20.3 Å². The van der Waals surface area contributed by atoms with Crippen LogP contribution in [0.2, 0.25) is 0 Å². The molecular formula is C16H27N5O2. The van der Waals surface area contributed by atoms with E-state index < -0.39 is 0 Å². The molecule has 0 spiro atoms. The number of nitrogens with zero attached hydrogens (tertiary/aromatic N) is 4. The Morgan fingerprint density at radius 1 is 1.30 bits per heavy atom. The number of hydrogen-bond donors (Lipinski definition) is 1. The highest BCUT2D eigenvalue weighted by Gasteiger charge is 2.30. The van der Waals surface area contributed by atoms with Crippen molar-refractivity contribution in [1.82, 2.24) is 20.1 Å². The van der Waals surface area contributed by atoms with Crippen LogP contribution < -0.4 is 5.32 Å². The van der Waals surface area contributed by atoms with Gasteiger partial charge in [0.15, 0.2) is 5.96 Å². The van der Waals surface area contributed by atoms with Gasteiger partial charge in [-0.3, -0.25) is 9.89 Å². The van der Waals surface area contributed by atoms with E-state index in [1.807, 2.05) is 20.9 Å². The van der Waals surface area contributed by atoms with Crippen LogP contribution >= 0.6 is 0 Å². The Hall–Kier alpha value is -1.60. The van der Waals surface area contributed by atoms with E-state index in [0.29, 0.717) is 18.5 Å². The Balaban J connectivity index is 1.52. The first kappa shape index (κ1) is 16.3. The molecule has 2 fully saturated rings. The molecule has 7 nitrogen and oxygen atoms in total. The summed E-state index contributed by atoms with van der Waals surface area (Å²) < 4.78 is 11.1. The molecule has 3 heterocycles. The lowest BCUT2D eigenvalue weighted by Gasteiger charge is -2.32. The van der Waals surface area contributed by atoms with Gasteiger partial charge in [0.05, 0.1) is 25.5 Å². The molecular weight excluding hydrogens is 294 g/mol. The molecule has 3 rings (SSSR count). The Labute approximate surface area is 137 Å². The second-order valence-corrected chi connectivity index (χ2v) is 6.19. The van der Waals surface area contributed by atoms with Gasteiger partial charge < -0.3 is 19.4 Å². The first-order valence-corrected chi connectivity index (χ1v) is 8.37. The van der Waals surface area contributed by atoms with E-state index >= 15 is 0 Å². The average molecular weight is 321 g/mol. The molecule has 1 aromatic rings. The minimum Gasteiger partial charge on any atom is -0.444 e. The number of aromatic nitrogens is 1. The van der Waals surface area contributed by atoms with Gasteiger partial charge in [-0.15, -0.1) is 0 Å². The van der Waals surface area contributed by atoms with Crippen molar-refractivity contribution in [3.05, 3.63) is 17.3 Å². The molecule has 0 radical (unpaired) electrons. The normalized spacial score (nSPS) is 23.5. The molecule has 0 amide bonds. The Morgan fingerprint density at radius 2 is 2.09 bits per heavy atom. The molecule has 2 aliphatic rings. The molecule has 0 saturated carbocycles. The topological polar surface area (TPSA) is 66.1 Å². The fourth-order valence-corrected chi connectivity index (χ4v) is 3.28. The van der Waals surface area contributed by atoms with E-state index in [1.165, 1.54) is 6.42 Å². The third kappa shape index (κ3) is 3.84. The van der Waals surface area contributed by atoms with Crippen molar-refractivity contribution in [2.75, 3.05) is 46.4 Å². The van der Waals surface area contributed by atoms with Gasteiger partial charge in [0.25, 0.3) is 0 Å². The molecule has 1 N–H and O–H groups in total. The summed E-state index contributed by atoms with van der Waals surface area (Å²) in [6.45, 7) is 10.3. The maximum absolute atomic E-state index is 5.62. The van der Waals surface area contributed by atoms with E-state index in [4.69, 9.17) is 9.15 Å². The third-order valence-corrected chi connectivity index (χ3v) is 4.71. The van der Waals surface area contributed by atoms with Crippen LogP contribution in [0.1, 0.15) is 23.8 Å². The summed E-state index contributed by atoms with van der Waals surface area (Å²) in [5, 5.41) is 3.37. The van der Waals surface area contributed by atoms with Crippen LogP contribution in [0.5, 0.6) is 0 Å². The number of ether oxygens (including phenoxy) is 1. The monoisotopic (exact) mass is 321 g/mol. The SMILES string of the molecule is CN=C(NCc1nc(C)c(C)o1)N1CCC(N2CCOCC2)C1. The van der Waals surface area contributed by atoms with Crippen molar-refractivity contribution in [3.63, 3.8) is 0 Å². The number of aryl methyl sites for hydroxylation is 2. The van der Waals surface area contributed by atoms with E-state index in [2.05, 4.69) is 25.1 Å². The third-order valence-electron chi connectivity index (χ3n) is 4.71. The molecule has 0 aliphatic carbocycles. The summed E-state index contributed by atoms with van der Waals surface area (Å²) >= 11 is 0. The number of rotatable bonds is 3. The fourth-order valence-electron chi connectivity index (χ4n) is 3.28. The van der Waals surface area contributed by atoms with Crippen molar-refractivity contribution < 1.29 is 9.15 Å². The molecule has 23 heavy (non-hydrogen) atoms. The number of likely N-dealkylation sites (tertiary alicyclic amines) is 1. The van der Waals surface area contributed by atoms with Crippen LogP contribution in [0.3, 0.4) is 0 Å². The largest absolute Gasteiger partial charge is 0.444 e. The van der Waals surface area contributed by atoms with Crippen LogP contribution in [-0.2, 0) is 11.3 Å². The number of guanidine groups is 1. The van der Waals surface area contributed by atoms with Crippen molar-refractivity contribution in [2.24, 2.45) is 4.99 Å². The van der Waals surface area contributed by atoms with Gasteiger partial charge in [-0.25, -0.2) is 4.98 Å². The van der Waals surface area contributed by atoms with Gasteiger partial charge in [0.1, 0.15) is 5.76 Å². The number of oxazole rings is 1. The Kier molecular flexibility index (Phi) is 5.17. The van der Waals surface area contributed by atoms with Crippen LogP contribution in [0, 0.1) is 13.8 Å². The molecule has 1 unspecified atom stereocenters. The zero-order valence-corrected chi connectivity index (χ0v) is 14.3. The molecule has 0 bridgehead atoms. The van der Waals surface area contributed by atoms with Crippen LogP contribution in [-0.4, -0.2) is 73.2 Å². The van der Waals surface area contributed by atoms with Crippen molar-refractivity contribution in [2.45, 2.75) is 32.9 Å². The minimum atomic E-state index is 0.570. The molecule has 2 saturated heterocycles. The molecule has 7 heteroatoms. The quantitative estimate of drug-likeness (QED) is 0.655. The van der Waals surface area contributed by atoms with Gasteiger partial charge in [0, 0.05) is 39.3 Å². The fraction of sp³-hybridized carbons (Fsp3) is 0.750. The highest BCUT2D eigenvalue weighted by molar-refractivity contribution is 5.80. The highest BCUT2D eigenvalue weighted by Crippen LogP contribution is 2.17. The van der Waals surface area contributed by atoms with Crippen molar-refractivity contribution in [1.29, 1.82) is 0 Å². The van der Waals surface area contributed by atoms with Gasteiger partial charge in [-0.2, -0.15) is 0 Å². The van der Waals surface area contributed by atoms with Gasteiger partial charge in [0.2, 0.25) is 5.89 Å². The maximum atomic E-state index is 5.62. The maximum Gasteiger partial charge on any atom is 0.214 e. The molecule has 1 aromatic heterocycles. The van der Waals surface area contributed by atoms with E-state index in [9.17, 15) is 0 Å². The van der Waals surface area contributed by atoms with E-state index in [0.717, 1.165) is 56.8 Å². The van der Waals surface area contributed by atoms with E-state index in [1.54, 1.807) is 0 Å². The lowest BCUT2D eigenvalue weighted by atomic mass is 10.2. The summed E-state index contributed by atoms with van der Waals surface area (Å²) in [6.07, 6.45) is 1.18. The highest BCUT2D eigenvalue weighted by atomic mass is 16.5. The lowest BCUT2D eigenvalue weighted by Crippen LogP contribution is -2.46. The molecule has 2 aliphatic heterocycles. The molecule has 128 valence electrons. The minimum absolute atomic E-state index is 0.570. The zero-order chi connectivity index (χ0) is 16.2. The molecule has 1 atom stereocenters. The first-order chi connectivity index (χ1) is 11.2. The van der Waals surface area contributed by atoms with Crippen LogP contribution in [0.15, 0.2) is 9.41 Å².